The van der Waals surface area contributed by atoms with E-state index in [1.165, 1.54) is 12.1 Å². The summed E-state index contributed by atoms with van der Waals surface area (Å²) in [5, 5.41) is 4.46. The van der Waals surface area contributed by atoms with Gasteiger partial charge < -0.3 is 4.90 Å². The highest BCUT2D eigenvalue weighted by Crippen LogP contribution is 2.09. The van der Waals surface area contributed by atoms with Crippen LogP contribution in [-0.2, 0) is 13.1 Å². The molecule has 1 heterocycles. The molecule has 0 N–H and O–H groups in total. The van der Waals surface area contributed by atoms with Gasteiger partial charge in [0.15, 0.2) is 0 Å². The average Bonchev–Trinajstić information content (AvgIpc) is 2.55. The lowest BCUT2D eigenvalue weighted by Crippen LogP contribution is -2.22. The maximum absolute atomic E-state index is 4.46. The smallest absolute Gasteiger partial charge is 0.0597 e. The standard InChI is InChI=1S/C12H22BrN3/c1-5-16-12(8-11(3)14-16)9-15(4)7-6-10(2)13/h8,10H,5-7,9H2,1-4H3. The molecule has 0 aromatic carbocycles. The van der Waals surface area contributed by atoms with Crippen molar-refractivity contribution in [2.24, 2.45) is 0 Å². The van der Waals surface area contributed by atoms with Crippen molar-refractivity contribution in [2.75, 3.05) is 13.6 Å². The third kappa shape index (κ3) is 4.26. The molecule has 0 bridgehead atoms. The van der Waals surface area contributed by atoms with Crippen LogP contribution in [0.15, 0.2) is 6.07 Å². The molecule has 1 unspecified atom stereocenters. The van der Waals surface area contributed by atoms with Crippen LogP contribution < -0.4 is 0 Å². The van der Waals surface area contributed by atoms with E-state index in [4.69, 9.17) is 0 Å². The van der Waals surface area contributed by atoms with Crippen LogP contribution in [0.1, 0.15) is 31.7 Å². The minimum atomic E-state index is 0.591. The maximum Gasteiger partial charge on any atom is 0.0597 e. The Balaban J connectivity index is 2.51. The van der Waals surface area contributed by atoms with E-state index in [2.05, 4.69) is 64.5 Å². The first-order chi connectivity index (χ1) is 7.52. The Bertz CT molecular complexity index is 320. The lowest BCUT2D eigenvalue weighted by atomic mass is 10.3. The summed E-state index contributed by atoms with van der Waals surface area (Å²) in [6.07, 6.45) is 1.18. The van der Waals surface area contributed by atoms with Gasteiger partial charge >= 0.3 is 0 Å². The number of aromatic nitrogens is 2. The first-order valence-electron chi connectivity index (χ1n) is 5.88. The number of hydrogen-bond acceptors (Lipinski definition) is 2. The van der Waals surface area contributed by atoms with Crippen LogP contribution in [0.4, 0.5) is 0 Å². The van der Waals surface area contributed by atoms with Crippen LogP contribution in [0, 0.1) is 6.92 Å². The predicted molar refractivity (Wildman–Crippen MR) is 72.0 cm³/mol. The Morgan fingerprint density at radius 3 is 2.81 bits per heavy atom. The Kier molecular flexibility index (Phi) is 5.49. The van der Waals surface area contributed by atoms with Crippen molar-refractivity contribution in [3.8, 4) is 0 Å². The number of rotatable bonds is 6. The van der Waals surface area contributed by atoms with E-state index in [9.17, 15) is 0 Å². The van der Waals surface area contributed by atoms with Gasteiger partial charge in [-0.25, -0.2) is 0 Å². The topological polar surface area (TPSA) is 21.1 Å². The van der Waals surface area contributed by atoms with Crippen molar-refractivity contribution in [3.05, 3.63) is 17.5 Å². The molecule has 0 aliphatic rings. The zero-order valence-corrected chi connectivity index (χ0v) is 12.3. The van der Waals surface area contributed by atoms with Crippen LogP contribution in [0.5, 0.6) is 0 Å². The van der Waals surface area contributed by atoms with Crippen LogP contribution in [0.3, 0.4) is 0 Å². The molecular weight excluding hydrogens is 266 g/mol. The van der Waals surface area contributed by atoms with Gasteiger partial charge in [0.25, 0.3) is 0 Å². The van der Waals surface area contributed by atoms with E-state index < -0.39 is 0 Å². The molecule has 4 heteroatoms. The van der Waals surface area contributed by atoms with Gasteiger partial charge in [0.1, 0.15) is 0 Å². The summed E-state index contributed by atoms with van der Waals surface area (Å²) in [4.78, 5) is 2.94. The molecular formula is C12H22BrN3. The molecule has 0 saturated heterocycles. The highest BCUT2D eigenvalue weighted by atomic mass is 79.9. The fourth-order valence-electron chi connectivity index (χ4n) is 1.75. The molecule has 3 nitrogen and oxygen atoms in total. The van der Waals surface area contributed by atoms with Gasteiger partial charge in [-0.05, 0) is 39.9 Å². The first kappa shape index (κ1) is 13.7. The molecule has 0 spiro atoms. The molecule has 0 aliphatic heterocycles. The van der Waals surface area contributed by atoms with E-state index in [0.717, 1.165) is 25.3 Å². The van der Waals surface area contributed by atoms with Gasteiger partial charge in [0.2, 0.25) is 0 Å². The zero-order chi connectivity index (χ0) is 12.1. The predicted octanol–water partition coefficient (Wildman–Crippen LogP) is 2.82. The molecule has 1 atom stereocenters. The summed E-state index contributed by atoms with van der Waals surface area (Å²) < 4.78 is 2.09. The third-order valence-electron chi connectivity index (χ3n) is 2.63. The number of hydrogen-bond donors (Lipinski definition) is 0. The monoisotopic (exact) mass is 287 g/mol. The van der Waals surface area contributed by atoms with Crippen LogP contribution in [0.25, 0.3) is 0 Å². The van der Waals surface area contributed by atoms with E-state index in [1.54, 1.807) is 0 Å². The molecule has 92 valence electrons. The highest BCUT2D eigenvalue weighted by Gasteiger charge is 2.07. The average molecular weight is 288 g/mol. The van der Waals surface area contributed by atoms with Crippen molar-refractivity contribution < 1.29 is 0 Å². The summed E-state index contributed by atoms with van der Waals surface area (Å²) in [6.45, 7) is 9.42. The quantitative estimate of drug-likeness (QED) is 0.751. The second kappa shape index (κ2) is 6.40. The summed E-state index contributed by atoms with van der Waals surface area (Å²) >= 11 is 3.58. The summed E-state index contributed by atoms with van der Waals surface area (Å²) in [5.74, 6) is 0. The third-order valence-corrected chi connectivity index (χ3v) is 3.08. The second-order valence-electron chi connectivity index (χ2n) is 4.40. The van der Waals surface area contributed by atoms with Crippen LogP contribution in [0.2, 0.25) is 0 Å². The fraction of sp³-hybridized carbons (Fsp3) is 0.750. The van der Waals surface area contributed by atoms with Gasteiger partial charge in [-0.15, -0.1) is 0 Å². The Morgan fingerprint density at radius 1 is 1.56 bits per heavy atom. The van der Waals surface area contributed by atoms with E-state index in [1.807, 2.05) is 0 Å². The van der Waals surface area contributed by atoms with Crippen LogP contribution >= 0.6 is 15.9 Å². The normalized spacial score (nSPS) is 13.4. The molecule has 0 amide bonds. The Labute approximate surface area is 107 Å². The number of aryl methyl sites for hydroxylation is 2. The second-order valence-corrected chi connectivity index (χ2v) is 5.96. The fourth-order valence-corrected chi connectivity index (χ4v) is 1.96. The molecule has 0 saturated carbocycles. The summed E-state index contributed by atoms with van der Waals surface area (Å²) in [7, 11) is 2.16. The maximum atomic E-state index is 4.46. The van der Waals surface area contributed by atoms with Gasteiger partial charge in [-0.3, -0.25) is 4.68 Å². The molecule has 16 heavy (non-hydrogen) atoms. The number of nitrogens with zero attached hydrogens (tertiary/aromatic N) is 3. The molecule has 1 aromatic rings. The largest absolute Gasteiger partial charge is 0.301 e. The molecule has 0 aliphatic carbocycles. The Morgan fingerprint density at radius 2 is 2.25 bits per heavy atom. The van der Waals surface area contributed by atoms with Gasteiger partial charge in [-0.1, -0.05) is 22.9 Å². The van der Waals surface area contributed by atoms with Crippen molar-refractivity contribution in [1.82, 2.24) is 14.7 Å². The molecule has 1 aromatic heterocycles. The zero-order valence-electron chi connectivity index (χ0n) is 10.7. The summed E-state index contributed by atoms with van der Waals surface area (Å²) in [5.41, 5.74) is 2.42. The van der Waals surface area contributed by atoms with Crippen molar-refractivity contribution in [3.63, 3.8) is 0 Å². The van der Waals surface area contributed by atoms with E-state index in [0.29, 0.717) is 4.83 Å². The molecule has 0 radical (unpaired) electrons. The minimum Gasteiger partial charge on any atom is -0.301 e. The first-order valence-corrected chi connectivity index (χ1v) is 6.80. The van der Waals surface area contributed by atoms with E-state index in [-0.39, 0.29) is 0 Å². The van der Waals surface area contributed by atoms with Crippen molar-refractivity contribution >= 4 is 15.9 Å². The van der Waals surface area contributed by atoms with Gasteiger partial charge in [0.05, 0.1) is 11.4 Å². The molecule has 1 rings (SSSR count). The number of alkyl halides is 1. The lowest BCUT2D eigenvalue weighted by Gasteiger charge is -2.17. The van der Waals surface area contributed by atoms with Crippen LogP contribution in [-0.4, -0.2) is 33.1 Å². The number of halogens is 1. The molecule has 0 fully saturated rings. The van der Waals surface area contributed by atoms with E-state index >= 15 is 0 Å². The van der Waals surface area contributed by atoms with Gasteiger partial charge in [-0.2, -0.15) is 5.10 Å². The minimum absolute atomic E-state index is 0.591. The Hall–Kier alpha value is -0.350. The summed E-state index contributed by atoms with van der Waals surface area (Å²) in [6, 6.07) is 2.18. The SMILES string of the molecule is CCn1nc(C)cc1CN(C)CCC(C)Br. The van der Waals surface area contributed by atoms with Crippen molar-refractivity contribution in [1.29, 1.82) is 0 Å². The highest BCUT2D eigenvalue weighted by molar-refractivity contribution is 9.09. The van der Waals surface area contributed by atoms with Crippen molar-refractivity contribution in [2.45, 2.75) is 45.1 Å². The van der Waals surface area contributed by atoms with Gasteiger partial charge in [0, 0.05) is 17.9 Å². The lowest BCUT2D eigenvalue weighted by molar-refractivity contribution is 0.311.